The fourth-order valence-corrected chi connectivity index (χ4v) is 1.84. The Morgan fingerprint density at radius 3 is 2.19 bits per heavy atom. The zero-order valence-corrected chi connectivity index (χ0v) is 10.6. The lowest BCUT2D eigenvalue weighted by molar-refractivity contribution is -0.128. The molecule has 0 heterocycles. The number of benzene rings is 1. The highest BCUT2D eigenvalue weighted by molar-refractivity contribution is 5.72. The third-order valence-electron chi connectivity index (χ3n) is 2.68. The average Bonchev–Trinajstić information content (AvgIpc) is 2.16. The quantitative estimate of drug-likeness (QED) is 0.783. The lowest BCUT2D eigenvalue weighted by Gasteiger charge is -2.17. The van der Waals surface area contributed by atoms with Gasteiger partial charge in [0.1, 0.15) is 5.75 Å². The van der Waals surface area contributed by atoms with Crippen molar-refractivity contribution in [3.63, 3.8) is 0 Å². The Balaban J connectivity index is 2.96. The first kappa shape index (κ1) is 12.6. The Kier molecular flexibility index (Phi) is 3.93. The molecule has 0 fully saturated rings. The predicted octanol–water partition coefficient (Wildman–Crippen LogP) is 2.29. The molecule has 0 aliphatic heterocycles. The molecular weight excluding hydrogens is 202 g/mol. The topological polar surface area (TPSA) is 29.5 Å². The number of hydrogen-bond donors (Lipinski definition) is 0. The zero-order valence-electron chi connectivity index (χ0n) is 10.6. The maximum Gasteiger partial charge on any atom is 0.219 e. The Morgan fingerprint density at radius 2 is 1.81 bits per heavy atom. The molecule has 0 saturated carbocycles. The van der Waals surface area contributed by atoms with E-state index in [1.807, 2.05) is 13.8 Å². The molecule has 16 heavy (non-hydrogen) atoms. The minimum atomic E-state index is 0.0751. The number of rotatable bonds is 3. The second-order valence-corrected chi connectivity index (χ2v) is 4.14. The van der Waals surface area contributed by atoms with Gasteiger partial charge in [-0.15, -0.1) is 0 Å². The zero-order chi connectivity index (χ0) is 12.3. The normalized spacial score (nSPS) is 10.1. The molecule has 1 amide bonds. The second kappa shape index (κ2) is 5.01. The minimum absolute atomic E-state index is 0.0751. The summed E-state index contributed by atoms with van der Waals surface area (Å²) in [6.07, 6.45) is 0. The van der Waals surface area contributed by atoms with E-state index in [2.05, 4.69) is 12.1 Å². The molecule has 0 radical (unpaired) electrons. The van der Waals surface area contributed by atoms with Crippen molar-refractivity contribution >= 4 is 5.91 Å². The standard InChI is InChI=1S/C13H19NO2/c1-9-6-12(8-14(4)11(3)15)7-10(2)13(9)16-5/h6-7H,8H2,1-5H3. The fraction of sp³-hybridized carbons (Fsp3) is 0.462. The van der Waals surface area contributed by atoms with E-state index in [-0.39, 0.29) is 5.91 Å². The predicted molar refractivity (Wildman–Crippen MR) is 64.6 cm³/mol. The first-order valence-corrected chi connectivity index (χ1v) is 5.31. The van der Waals surface area contributed by atoms with E-state index in [0.29, 0.717) is 6.54 Å². The van der Waals surface area contributed by atoms with Gasteiger partial charge in [0.2, 0.25) is 5.91 Å². The molecule has 3 heteroatoms. The highest BCUT2D eigenvalue weighted by atomic mass is 16.5. The number of hydrogen-bond acceptors (Lipinski definition) is 2. The van der Waals surface area contributed by atoms with Crippen LogP contribution in [0.2, 0.25) is 0 Å². The maximum atomic E-state index is 11.1. The van der Waals surface area contributed by atoms with Gasteiger partial charge in [-0.2, -0.15) is 0 Å². The van der Waals surface area contributed by atoms with Crippen molar-refractivity contribution in [1.82, 2.24) is 4.90 Å². The molecule has 0 atom stereocenters. The summed E-state index contributed by atoms with van der Waals surface area (Å²) in [6.45, 7) is 6.25. The number of aryl methyl sites for hydroxylation is 2. The fourth-order valence-electron chi connectivity index (χ4n) is 1.84. The molecule has 0 N–H and O–H groups in total. The third kappa shape index (κ3) is 2.75. The van der Waals surface area contributed by atoms with Crippen molar-refractivity contribution in [2.75, 3.05) is 14.2 Å². The monoisotopic (exact) mass is 221 g/mol. The smallest absolute Gasteiger partial charge is 0.219 e. The van der Waals surface area contributed by atoms with Crippen LogP contribution in [0, 0.1) is 13.8 Å². The van der Waals surface area contributed by atoms with Crippen LogP contribution in [0.1, 0.15) is 23.6 Å². The largest absolute Gasteiger partial charge is 0.496 e. The molecule has 1 aromatic carbocycles. The van der Waals surface area contributed by atoms with Crippen molar-refractivity contribution in [2.24, 2.45) is 0 Å². The average molecular weight is 221 g/mol. The number of carbonyl (C=O) groups excluding carboxylic acids is 1. The molecule has 0 aliphatic rings. The van der Waals surface area contributed by atoms with Gasteiger partial charge in [-0.1, -0.05) is 12.1 Å². The SMILES string of the molecule is COc1c(C)cc(CN(C)C(C)=O)cc1C. The Bertz CT molecular complexity index is 376. The lowest BCUT2D eigenvalue weighted by Crippen LogP contribution is -2.23. The molecule has 1 rings (SSSR count). The molecule has 0 aliphatic carbocycles. The van der Waals surface area contributed by atoms with E-state index < -0.39 is 0 Å². The molecule has 0 aromatic heterocycles. The van der Waals surface area contributed by atoms with Crippen LogP contribution in [0.25, 0.3) is 0 Å². The summed E-state index contributed by atoms with van der Waals surface area (Å²) >= 11 is 0. The van der Waals surface area contributed by atoms with Crippen molar-refractivity contribution in [2.45, 2.75) is 27.3 Å². The van der Waals surface area contributed by atoms with E-state index in [4.69, 9.17) is 4.74 Å². The van der Waals surface area contributed by atoms with Gasteiger partial charge in [0.05, 0.1) is 7.11 Å². The van der Waals surface area contributed by atoms with Crippen LogP contribution in [0.4, 0.5) is 0 Å². The number of amides is 1. The summed E-state index contributed by atoms with van der Waals surface area (Å²) < 4.78 is 5.30. The van der Waals surface area contributed by atoms with Gasteiger partial charge in [-0.05, 0) is 30.5 Å². The van der Waals surface area contributed by atoms with Crippen LogP contribution in [0.15, 0.2) is 12.1 Å². The van der Waals surface area contributed by atoms with Crippen molar-refractivity contribution in [3.05, 3.63) is 28.8 Å². The molecule has 0 bridgehead atoms. The molecule has 0 unspecified atom stereocenters. The van der Waals surface area contributed by atoms with E-state index >= 15 is 0 Å². The van der Waals surface area contributed by atoms with Crippen molar-refractivity contribution < 1.29 is 9.53 Å². The van der Waals surface area contributed by atoms with E-state index in [1.165, 1.54) is 0 Å². The third-order valence-corrected chi connectivity index (χ3v) is 2.68. The maximum absolute atomic E-state index is 11.1. The number of methoxy groups -OCH3 is 1. The molecule has 88 valence electrons. The molecule has 0 spiro atoms. The Hall–Kier alpha value is -1.51. The van der Waals surface area contributed by atoms with Crippen LogP contribution < -0.4 is 4.74 Å². The first-order chi connectivity index (χ1) is 7.45. The summed E-state index contributed by atoms with van der Waals surface area (Å²) in [4.78, 5) is 12.8. The number of nitrogens with zero attached hydrogens (tertiary/aromatic N) is 1. The summed E-state index contributed by atoms with van der Waals surface area (Å²) in [5, 5.41) is 0. The molecule has 0 saturated heterocycles. The first-order valence-electron chi connectivity index (χ1n) is 5.31. The van der Waals surface area contributed by atoms with Crippen LogP contribution >= 0.6 is 0 Å². The van der Waals surface area contributed by atoms with E-state index in [0.717, 1.165) is 22.4 Å². The summed E-state index contributed by atoms with van der Waals surface area (Å²) in [5.74, 6) is 1.00. The lowest BCUT2D eigenvalue weighted by atomic mass is 10.1. The molecular formula is C13H19NO2. The highest BCUT2D eigenvalue weighted by Crippen LogP contribution is 2.24. The number of carbonyl (C=O) groups is 1. The van der Waals surface area contributed by atoms with Gasteiger partial charge in [-0.3, -0.25) is 4.79 Å². The van der Waals surface area contributed by atoms with Gasteiger partial charge in [0.15, 0.2) is 0 Å². The van der Waals surface area contributed by atoms with Gasteiger partial charge in [0.25, 0.3) is 0 Å². The van der Waals surface area contributed by atoms with Gasteiger partial charge in [-0.25, -0.2) is 0 Å². The Morgan fingerprint density at radius 1 is 1.31 bits per heavy atom. The summed E-state index contributed by atoms with van der Waals surface area (Å²) in [7, 11) is 3.48. The Labute approximate surface area is 97.0 Å². The van der Waals surface area contributed by atoms with Gasteiger partial charge in [0, 0.05) is 20.5 Å². The van der Waals surface area contributed by atoms with Crippen molar-refractivity contribution in [1.29, 1.82) is 0 Å². The molecule has 3 nitrogen and oxygen atoms in total. The van der Waals surface area contributed by atoms with Crippen LogP contribution in [-0.2, 0) is 11.3 Å². The van der Waals surface area contributed by atoms with Gasteiger partial charge < -0.3 is 9.64 Å². The summed E-state index contributed by atoms with van der Waals surface area (Å²) in [6, 6.07) is 4.12. The van der Waals surface area contributed by atoms with Crippen molar-refractivity contribution in [3.8, 4) is 5.75 Å². The van der Waals surface area contributed by atoms with E-state index in [1.54, 1.807) is 26.0 Å². The highest BCUT2D eigenvalue weighted by Gasteiger charge is 2.08. The van der Waals surface area contributed by atoms with Crippen LogP contribution in [0.3, 0.4) is 0 Å². The summed E-state index contributed by atoms with van der Waals surface area (Å²) in [5.41, 5.74) is 3.34. The number of ether oxygens (including phenoxy) is 1. The van der Waals surface area contributed by atoms with E-state index in [9.17, 15) is 4.79 Å². The van der Waals surface area contributed by atoms with Gasteiger partial charge >= 0.3 is 0 Å². The molecule has 1 aromatic rings. The minimum Gasteiger partial charge on any atom is -0.496 e. The second-order valence-electron chi connectivity index (χ2n) is 4.14. The van der Waals surface area contributed by atoms with Crippen LogP contribution in [0.5, 0.6) is 5.75 Å². The van der Waals surface area contributed by atoms with Crippen LogP contribution in [-0.4, -0.2) is 25.0 Å².